The first-order valence-electron chi connectivity index (χ1n) is 6.03. The van der Waals surface area contributed by atoms with Gasteiger partial charge in [0.05, 0.1) is 0 Å². The van der Waals surface area contributed by atoms with Gasteiger partial charge < -0.3 is 10.6 Å². The molecule has 0 aliphatic carbocycles. The normalized spacial score (nSPS) is 20.6. The predicted molar refractivity (Wildman–Crippen MR) is 77.1 cm³/mol. The van der Waals surface area contributed by atoms with E-state index in [4.69, 9.17) is 0 Å². The van der Waals surface area contributed by atoms with Crippen molar-refractivity contribution in [3.8, 4) is 0 Å². The van der Waals surface area contributed by atoms with Gasteiger partial charge in [0.15, 0.2) is 0 Å². The first-order chi connectivity index (χ1) is 8.25. The molecule has 0 aromatic heterocycles. The third-order valence-electron chi connectivity index (χ3n) is 2.97. The monoisotopic (exact) mass is 344 g/mol. The largest absolute Gasteiger partial charge is 0.348 e. The zero-order chi connectivity index (χ0) is 12.1. The fourth-order valence-electron chi connectivity index (χ4n) is 2.04. The van der Waals surface area contributed by atoms with Gasteiger partial charge in [0, 0.05) is 21.7 Å². The molecule has 1 aromatic rings. The minimum atomic E-state index is 0.0391. The molecule has 1 fully saturated rings. The molecule has 0 saturated carbocycles. The fourth-order valence-corrected chi connectivity index (χ4v) is 2.58. The molecular weight excluding hydrogens is 327 g/mol. The van der Waals surface area contributed by atoms with Gasteiger partial charge in [-0.15, -0.1) is 0 Å². The summed E-state index contributed by atoms with van der Waals surface area (Å²) in [6.07, 6.45) is 3.46. The number of rotatable bonds is 2. The van der Waals surface area contributed by atoms with Crippen molar-refractivity contribution in [2.45, 2.75) is 25.3 Å². The molecule has 2 N–H and O–H groups in total. The molecule has 1 heterocycles. The topological polar surface area (TPSA) is 41.1 Å². The third kappa shape index (κ3) is 3.96. The minimum absolute atomic E-state index is 0.0391. The maximum atomic E-state index is 12.0. The molecule has 0 radical (unpaired) electrons. The predicted octanol–water partition coefficient (Wildman–Crippen LogP) is 2.16. The maximum Gasteiger partial charge on any atom is 0.251 e. The Kier molecular flexibility index (Phi) is 4.79. The van der Waals surface area contributed by atoms with Crippen LogP contribution in [-0.4, -0.2) is 25.0 Å². The first-order valence-corrected chi connectivity index (χ1v) is 7.11. The number of carbonyl (C=O) groups excluding carboxylic acids is 1. The molecule has 1 unspecified atom stereocenters. The van der Waals surface area contributed by atoms with Crippen molar-refractivity contribution < 1.29 is 4.79 Å². The summed E-state index contributed by atoms with van der Waals surface area (Å²) >= 11 is 2.22. The summed E-state index contributed by atoms with van der Waals surface area (Å²) in [7, 11) is 0. The van der Waals surface area contributed by atoms with Crippen molar-refractivity contribution in [2.75, 3.05) is 13.1 Å². The average molecular weight is 344 g/mol. The van der Waals surface area contributed by atoms with Crippen LogP contribution in [0.25, 0.3) is 0 Å². The quantitative estimate of drug-likeness (QED) is 0.808. The van der Waals surface area contributed by atoms with Crippen LogP contribution in [0.1, 0.15) is 29.6 Å². The molecule has 0 bridgehead atoms. The molecule has 3 nitrogen and oxygen atoms in total. The van der Waals surface area contributed by atoms with E-state index in [1.165, 1.54) is 12.8 Å². The summed E-state index contributed by atoms with van der Waals surface area (Å²) in [4.78, 5) is 12.0. The Morgan fingerprint density at radius 3 is 3.12 bits per heavy atom. The highest BCUT2D eigenvalue weighted by molar-refractivity contribution is 14.1. The van der Waals surface area contributed by atoms with Crippen LogP contribution in [0.3, 0.4) is 0 Å². The fraction of sp³-hybridized carbons (Fsp3) is 0.462. The summed E-state index contributed by atoms with van der Waals surface area (Å²) in [6.45, 7) is 1.95. The van der Waals surface area contributed by atoms with Crippen LogP contribution in [0.2, 0.25) is 0 Å². The van der Waals surface area contributed by atoms with E-state index in [-0.39, 0.29) is 11.9 Å². The van der Waals surface area contributed by atoms with Crippen molar-refractivity contribution in [3.63, 3.8) is 0 Å². The highest BCUT2D eigenvalue weighted by Crippen LogP contribution is 2.09. The third-order valence-corrected chi connectivity index (χ3v) is 3.64. The highest BCUT2D eigenvalue weighted by Gasteiger charge is 2.15. The van der Waals surface area contributed by atoms with Gasteiger partial charge in [0.1, 0.15) is 0 Å². The second-order valence-electron chi connectivity index (χ2n) is 4.38. The van der Waals surface area contributed by atoms with Crippen LogP contribution in [0.4, 0.5) is 0 Å². The lowest BCUT2D eigenvalue weighted by atomic mass is 10.1. The van der Waals surface area contributed by atoms with Gasteiger partial charge in [-0.05, 0) is 60.2 Å². The smallest absolute Gasteiger partial charge is 0.251 e. The lowest BCUT2D eigenvalue weighted by Crippen LogP contribution is -2.40. The Morgan fingerprint density at radius 1 is 1.41 bits per heavy atom. The molecule has 0 spiro atoms. The summed E-state index contributed by atoms with van der Waals surface area (Å²) in [5, 5.41) is 6.45. The van der Waals surface area contributed by atoms with E-state index in [9.17, 15) is 4.79 Å². The molecule has 1 aliphatic heterocycles. The van der Waals surface area contributed by atoms with E-state index in [0.29, 0.717) is 0 Å². The van der Waals surface area contributed by atoms with Crippen molar-refractivity contribution in [3.05, 3.63) is 33.4 Å². The van der Waals surface area contributed by atoms with Crippen molar-refractivity contribution >= 4 is 28.5 Å². The zero-order valence-corrected chi connectivity index (χ0v) is 11.9. The van der Waals surface area contributed by atoms with Gasteiger partial charge in [-0.1, -0.05) is 12.5 Å². The number of nitrogens with one attached hydrogen (secondary N) is 2. The highest BCUT2D eigenvalue weighted by atomic mass is 127. The number of hydrogen-bond donors (Lipinski definition) is 2. The van der Waals surface area contributed by atoms with E-state index in [2.05, 4.69) is 33.2 Å². The van der Waals surface area contributed by atoms with Crippen LogP contribution in [0, 0.1) is 3.57 Å². The lowest BCUT2D eigenvalue weighted by molar-refractivity contribution is 0.0935. The molecule has 2 rings (SSSR count). The number of halogens is 1. The SMILES string of the molecule is O=C(NC1CCCCNC1)c1cccc(I)c1. The first kappa shape index (κ1) is 12.8. The van der Waals surface area contributed by atoms with Crippen LogP contribution in [0.15, 0.2) is 24.3 Å². The molecule has 1 saturated heterocycles. The molecule has 1 aliphatic rings. The minimum Gasteiger partial charge on any atom is -0.348 e. The van der Waals surface area contributed by atoms with Gasteiger partial charge in [0.2, 0.25) is 0 Å². The molecule has 1 atom stereocenters. The van der Waals surface area contributed by atoms with Gasteiger partial charge in [-0.2, -0.15) is 0 Å². The Bertz CT molecular complexity index is 387. The summed E-state index contributed by atoms with van der Waals surface area (Å²) in [6, 6.07) is 7.96. The number of benzene rings is 1. The van der Waals surface area contributed by atoms with Gasteiger partial charge in [-0.3, -0.25) is 4.79 Å². The van der Waals surface area contributed by atoms with Crippen molar-refractivity contribution in [1.82, 2.24) is 10.6 Å². The van der Waals surface area contributed by atoms with Crippen LogP contribution in [-0.2, 0) is 0 Å². The van der Waals surface area contributed by atoms with E-state index in [1.54, 1.807) is 0 Å². The van der Waals surface area contributed by atoms with Gasteiger partial charge in [-0.25, -0.2) is 0 Å². The molecule has 92 valence electrons. The zero-order valence-electron chi connectivity index (χ0n) is 9.71. The van der Waals surface area contributed by atoms with E-state index in [0.717, 1.165) is 28.6 Å². The van der Waals surface area contributed by atoms with Crippen LogP contribution >= 0.6 is 22.6 Å². The van der Waals surface area contributed by atoms with E-state index in [1.807, 2.05) is 24.3 Å². The van der Waals surface area contributed by atoms with Gasteiger partial charge >= 0.3 is 0 Å². The van der Waals surface area contributed by atoms with Crippen molar-refractivity contribution in [2.24, 2.45) is 0 Å². The summed E-state index contributed by atoms with van der Waals surface area (Å²) in [5.74, 6) is 0.0391. The molecule has 1 amide bonds. The molecule has 4 heteroatoms. The second kappa shape index (κ2) is 6.35. The Balaban J connectivity index is 1.96. The average Bonchev–Trinajstić information content (AvgIpc) is 2.57. The van der Waals surface area contributed by atoms with Crippen LogP contribution in [0.5, 0.6) is 0 Å². The molecule has 17 heavy (non-hydrogen) atoms. The number of hydrogen-bond acceptors (Lipinski definition) is 2. The van der Waals surface area contributed by atoms with Crippen molar-refractivity contribution in [1.29, 1.82) is 0 Å². The number of amides is 1. The van der Waals surface area contributed by atoms with E-state index >= 15 is 0 Å². The molecular formula is C13H17IN2O. The Hall–Kier alpha value is -0.620. The lowest BCUT2D eigenvalue weighted by Gasteiger charge is -2.16. The Labute approximate surface area is 116 Å². The number of carbonyl (C=O) groups is 1. The Morgan fingerprint density at radius 2 is 2.29 bits per heavy atom. The van der Waals surface area contributed by atoms with Crippen LogP contribution < -0.4 is 10.6 Å². The standard InChI is InChI=1S/C13H17IN2O/c14-11-5-3-4-10(8-11)13(17)16-12-6-1-2-7-15-9-12/h3-5,8,12,15H,1-2,6-7,9H2,(H,16,17). The summed E-state index contributed by atoms with van der Waals surface area (Å²) in [5.41, 5.74) is 0.751. The maximum absolute atomic E-state index is 12.0. The van der Waals surface area contributed by atoms with E-state index < -0.39 is 0 Å². The molecule has 1 aromatic carbocycles. The second-order valence-corrected chi connectivity index (χ2v) is 5.63. The summed E-state index contributed by atoms with van der Waals surface area (Å²) < 4.78 is 1.09. The van der Waals surface area contributed by atoms with Gasteiger partial charge in [0.25, 0.3) is 5.91 Å².